The summed E-state index contributed by atoms with van der Waals surface area (Å²) in [5.74, 6) is 0. The first kappa shape index (κ1) is 11.6. The van der Waals surface area contributed by atoms with Crippen LogP contribution in [0.4, 0.5) is 0 Å². The van der Waals surface area contributed by atoms with E-state index in [4.69, 9.17) is 0 Å². The molecule has 1 unspecified atom stereocenters. The van der Waals surface area contributed by atoms with Crippen LogP contribution in [0.25, 0.3) is 0 Å². The Labute approximate surface area is 95.1 Å². The standard InChI is InChI=1S/C9H16N4O2S/c1-9(4-6-10-7-9)12-16(14,15)8-3-5-11-13(8)2/h3,5,10,12H,4,6-7H2,1-2H3. The van der Waals surface area contributed by atoms with Crippen LogP contribution in [0.1, 0.15) is 13.3 Å². The second-order valence-electron chi connectivity index (χ2n) is 4.39. The van der Waals surface area contributed by atoms with E-state index in [1.54, 1.807) is 7.05 Å². The van der Waals surface area contributed by atoms with E-state index < -0.39 is 15.6 Å². The van der Waals surface area contributed by atoms with Crippen LogP contribution in [0.2, 0.25) is 0 Å². The molecule has 1 aromatic heterocycles. The van der Waals surface area contributed by atoms with Crippen molar-refractivity contribution in [1.82, 2.24) is 19.8 Å². The number of aryl methyl sites for hydroxylation is 1. The largest absolute Gasteiger partial charge is 0.315 e. The van der Waals surface area contributed by atoms with Crippen LogP contribution < -0.4 is 10.0 Å². The average molecular weight is 244 g/mol. The number of rotatable bonds is 3. The minimum Gasteiger partial charge on any atom is -0.315 e. The molecule has 2 N–H and O–H groups in total. The molecule has 1 atom stereocenters. The predicted molar refractivity (Wildman–Crippen MR) is 59.4 cm³/mol. The van der Waals surface area contributed by atoms with Crippen LogP contribution in [0.15, 0.2) is 17.3 Å². The van der Waals surface area contributed by atoms with Gasteiger partial charge in [-0.25, -0.2) is 13.1 Å². The van der Waals surface area contributed by atoms with E-state index in [-0.39, 0.29) is 5.03 Å². The number of sulfonamides is 1. The van der Waals surface area contributed by atoms with Crippen molar-refractivity contribution in [2.75, 3.05) is 13.1 Å². The van der Waals surface area contributed by atoms with Gasteiger partial charge in [0, 0.05) is 19.1 Å². The summed E-state index contributed by atoms with van der Waals surface area (Å²) in [7, 11) is -1.86. The number of nitrogens with one attached hydrogen (secondary N) is 2. The topological polar surface area (TPSA) is 76.0 Å². The van der Waals surface area contributed by atoms with Crippen molar-refractivity contribution in [3.8, 4) is 0 Å². The molecule has 1 aliphatic heterocycles. The molecule has 2 rings (SSSR count). The molecule has 7 heteroatoms. The number of aromatic nitrogens is 2. The fraction of sp³-hybridized carbons (Fsp3) is 0.667. The van der Waals surface area contributed by atoms with Gasteiger partial charge in [-0.05, 0) is 26.0 Å². The summed E-state index contributed by atoms with van der Waals surface area (Å²) in [6.07, 6.45) is 2.27. The summed E-state index contributed by atoms with van der Waals surface area (Å²) in [6, 6.07) is 1.49. The molecular weight excluding hydrogens is 228 g/mol. The number of hydrogen-bond acceptors (Lipinski definition) is 4. The molecule has 0 spiro atoms. The smallest absolute Gasteiger partial charge is 0.258 e. The zero-order valence-electron chi connectivity index (χ0n) is 9.40. The second-order valence-corrected chi connectivity index (χ2v) is 6.02. The third kappa shape index (κ3) is 2.11. The van der Waals surface area contributed by atoms with E-state index in [1.807, 2.05) is 6.92 Å². The number of nitrogens with zero attached hydrogens (tertiary/aromatic N) is 2. The lowest BCUT2D eigenvalue weighted by atomic mass is 10.0. The maximum absolute atomic E-state index is 12.1. The van der Waals surface area contributed by atoms with Gasteiger partial charge in [0.1, 0.15) is 0 Å². The van der Waals surface area contributed by atoms with Gasteiger partial charge >= 0.3 is 0 Å². The second kappa shape index (κ2) is 3.83. The van der Waals surface area contributed by atoms with Crippen LogP contribution in [0, 0.1) is 0 Å². The molecule has 2 heterocycles. The molecule has 1 fully saturated rings. The SMILES string of the molecule is Cn1nccc1S(=O)(=O)NC1(C)CCNC1. The van der Waals surface area contributed by atoms with Crippen LogP contribution in [-0.4, -0.2) is 36.8 Å². The minimum atomic E-state index is -3.48. The Bertz CT molecular complexity index is 473. The summed E-state index contributed by atoms with van der Waals surface area (Å²) >= 11 is 0. The first-order chi connectivity index (χ1) is 7.43. The van der Waals surface area contributed by atoms with E-state index in [2.05, 4.69) is 15.1 Å². The first-order valence-electron chi connectivity index (χ1n) is 5.16. The quantitative estimate of drug-likeness (QED) is 0.748. The molecule has 0 aliphatic carbocycles. The molecule has 16 heavy (non-hydrogen) atoms. The molecule has 1 aromatic rings. The van der Waals surface area contributed by atoms with Crippen LogP contribution in [-0.2, 0) is 17.1 Å². The van der Waals surface area contributed by atoms with Crippen molar-refractivity contribution in [2.45, 2.75) is 23.9 Å². The van der Waals surface area contributed by atoms with Gasteiger partial charge in [-0.2, -0.15) is 5.10 Å². The third-order valence-electron chi connectivity index (χ3n) is 2.80. The zero-order chi connectivity index (χ0) is 11.8. The van der Waals surface area contributed by atoms with Crippen molar-refractivity contribution < 1.29 is 8.42 Å². The van der Waals surface area contributed by atoms with E-state index in [0.717, 1.165) is 13.0 Å². The molecule has 0 aromatic carbocycles. The summed E-state index contributed by atoms with van der Waals surface area (Å²) in [4.78, 5) is 0. The van der Waals surface area contributed by atoms with Gasteiger partial charge in [0.25, 0.3) is 10.0 Å². The van der Waals surface area contributed by atoms with E-state index >= 15 is 0 Å². The van der Waals surface area contributed by atoms with E-state index in [1.165, 1.54) is 16.9 Å². The summed E-state index contributed by atoms with van der Waals surface area (Å²) < 4.78 is 28.2. The minimum absolute atomic E-state index is 0.195. The number of hydrogen-bond donors (Lipinski definition) is 2. The van der Waals surface area contributed by atoms with Crippen LogP contribution >= 0.6 is 0 Å². The van der Waals surface area contributed by atoms with Crippen molar-refractivity contribution in [3.05, 3.63) is 12.3 Å². The third-order valence-corrected chi connectivity index (χ3v) is 4.51. The van der Waals surface area contributed by atoms with Crippen molar-refractivity contribution in [3.63, 3.8) is 0 Å². The average Bonchev–Trinajstić information content (AvgIpc) is 2.73. The highest BCUT2D eigenvalue weighted by atomic mass is 32.2. The highest BCUT2D eigenvalue weighted by Gasteiger charge is 2.34. The van der Waals surface area contributed by atoms with E-state index in [9.17, 15) is 8.42 Å². The summed E-state index contributed by atoms with van der Waals surface area (Å²) in [5.41, 5.74) is -0.400. The monoisotopic (exact) mass is 244 g/mol. The lowest BCUT2D eigenvalue weighted by Crippen LogP contribution is -2.47. The Balaban J connectivity index is 2.24. The van der Waals surface area contributed by atoms with Crippen molar-refractivity contribution in [1.29, 1.82) is 0 Å². The normalized spacial score (nSPS) is 26.1. The van der Waals surface area contributed by atoms with Crippen molar-refractivity contribution >= 4 is 10.0 Å². The van der Waals surface area contributed by atoms with Gasteiger partial charge in [0.05, 0.1) is 6.20 Å². The summed E-state index contributed by atoms with van der Waals surface area (Å²) in [5, 5.41) is 7.20. The molecule has 0 radical (unpaired) electrons. The molecular formula is C9H16N4O2S. The molecule has 0 saturated carbocycles. The Morgan fingerprint density at radius 2 is 2.38 bits per heavy atom. The van der Waals surface area contributed by atoms with Gasteiger partial charge < -0.3 is 5.32 Å². The molecule has 0 bridgehead atoms. The lowest BCUT2D eigenvalue weighted by molar-refractivity contribution is 0.448. The maximum atomic E-state index is 12.1. The van der Waals surface area contributed by atoms with Crippen LogP contribution in [0.5, 0.6) is 0 Å². The highest BCUT2D eigenvalue weighted by molar-refractivity contribution is 7.89. The Morgan fingerprint density at radius 3 is 2.88 bits per heavy atom. The van der Waals surface area contributed by atoms with E-state index in [0.29, 0.717) is 6.54 Å². The Morgan fingerprint density at radius 1 is 1.62 bits per heavy atom. The molecule has 1 saturated heterocycles. The Kier molecular flexibility index (Phi) is 2.77. The predicted octanol–water partition coefficient (Wildman–Crippen LogP) is -0.550. The fourth-order valence-corrected chi connectivity index (χ4v) is 3.47. The van der Waals surface area contributed by atoms with Gasteiger partial charge in [0.15, 0.2) is 5.03 Å². The fourth-order valence-electron chi connectivity index (χ4n) is 1.91. The zero-order valence-corrected chi connectivity index (χ0v) is 10.2. The lowest BCUT2D eigenvalue weighted by Gasteiger charge is -2.23. The molecule has 0 amide bonds. The van der Waals surface area contributed by atoms with Gasteiger partial charge in [-0.1, -0.05) is 0 Å². The molecule has 1 aliphatic rings. The van der Waals surface area contributed by atoms with Gasteiger partial charge in [-0.15, -0.1) is 0 Å². The molecule has 90 valence electrons. The van der Waals surface area contributed by atoms with Gasteiger partial charge in [0.2, 0.25) is 0 Å². The summed E-state index contributed by atoms with van der Waals surface area (Å²) in [6.45, 7) is 3.40. The first-order valence-corrected chi connectivity index (χ1v) is 6.64. The maximum Gasteiger partial charge on any atom is 0.258 e. The highest BCUT2D eigenvalue weighted by Crippen LogP contribution is 2.17. The Hall–Kier alpha value is -0.920. The van der Waals surface area contributed by atoms with Crippen LogP contribution in [0.3, 0.4) is 0 Å². The molecule has 6 nitrogen and oxygen atoms in total. The van der Waals surface area contributed by atoms with Gasteiger partial charge in [-0.3, -0.25) is 4.68 Å². The van der Waals surface area contributed by atoms with Crippen molar-refractivity contribution in [2.24, 2.45) is 7.05 Å².